The lowest BCUT2D eigenvalue weighted by atomic mass is 10.2. The minimum atomic E-state index is -0.403. The molecule has 0 aliphatic heterocycles. The van der Waals surface area contributed by atoms with Crippen LogP contribution < -0.4 is 0 Å². The lowest BCUT2D eigenvalue weighted by molar-refractivity contribution is 0.0973. The summed E-state index contributed by atoms with van der Waals surface area (Å²) in [4.78, 5) is 13.0. The summed E-state index contributed by atoms with van der Waals surface area (Å²) in [7, 11) is 1.66. The molecule has 0 unspecified atom stereocenters. The Morgan fingerprint density at radius 1 is 1.41 bits per heavy atom. The molecule has 0 spiro atoms. The van der Waals surface area contributed by atoms with Crippen LogP contribution in [0.2, 0.25) is 0 Å². The average molecular weight is 237 g/mol. The minimum Gasteiger partial charge on any atom is -0.445 e. The summed E-state index contributed by atoms with van der Waals surface area (Å²) in [5.74, 6) is 0. The molecule has 0 saturated carbocycles. The number of rotatable bonds is 5. The summed E-state index contributed by atoms with van der Waals surface area (Å²) in [6.45, 7) is 2.47. The Morgan fingerprint density at radius 2 is 2.06 bits per heavy atom. The predicted molar refractivity (Wildman–Crippen MR) is 65.6 cm³/mol. The van der Waals surface area contributed by atoms with Crippen LogP contribution in [0.5, 0.6) is 0 Å². The standard InChI is InChI=1S/C13H19NO3/c1-11(15)8-9-14(2)13(16)17-10-12-6-4-3-5-7-12/h3-7,11,15H,8-10H2,1-2H3/t11-/m0/s1. The Bertz CT molecular complexity index is 338. The molecular weight excluding hydrogens is 218 g/mol. The fourth-order valence-corrected chi connectivity index (χ4v) is 1.30. The smallest absolute Gasteiger partial charge is 0.409 e. The monoisotopic (exact) mass is 237 g/mol. The number of ether oxygens (including phenoxy) is 1. The quantitative estimate of drug-likeness (QED) is 0.852. The van der Waals surface area contributed by atoms with Crippen molar-refractivity contribution in [3.63, 3.8) is 0 Å². The topological polar surface area (TPSA) is 49.8 Å². The predicted octanol–water partition coefficient (Wildman–Crippen LogP) is 2.03. The van der Waals surface area contributed by atoms with Crippen molar-refractivity contribution in [3.8, 4) is 0 Å². The summed E-state index contributed by atoms with van der Waals surface area (Å²) >= 11 is 0. The lowest BCUT2D eigenvalue weighted by Crippen LogP contribution is -2.29. The fourth-order valence-electron chi connectivity index (χ4n) is 1.30. The van der Waals surface area contributed by atoms with Crippen molar-refractivity contribution < 1.29 is 14.6 Å². The van der Waals surface area contributed by atoms with E-state index in [2.05, 4.69) is 0 Å². The van der Waals surface area contributed by atoms with Crippen LogP contribution >= 0.6 is 0 Å². The van der Waals surface area contributed by atoms with Crippen molar-refractivity contribution in [3.05, 3.63) is 35.9 Å². The Hall–Kier alpha value is -1.55. The van der Waals surface area contributed by atoms with Crippen molar-refractivity contribution in [1.82, 2.24) is 4.90 Å². The molecular formula is C13H19NO3. The molecule has 1 N–H and O–H groups in total. The highest BCUT2D eigenvalue weighted by molar-refractivity contribution is 5.67. The van der Waals surface area contributed by atoms with Gasteiger partial charge in [0.2, 0.25) is 0 Å². The van der Waals surface area contributed by atoms with E-state index in [1.165, 1.54) is 4.90 Å². The molecule has 1 aromatic rings. The molecule has 0 fully saturated rings. The van der Waals surface area contributed by atoms with Crippen LogP contribution in [0.4, 0.5) is 4.79 Å². The highest BCUT2D eigenvalue weighted by Gasteiger charge is 2.10. The van der Waals surface area contributed by atoms with E-state index in [0.717, 1.165) is 5.56 Å². The molecule has 94 valence electrons. The first-order valence-corrected chi connectivity index (χ1v) is 5.69. The van der Waals surface area contributed by atoms with E-state index in [4.69, 9.17) is 9.84 Å². The first-order chi connectivity index (χ1) is 8.09. The van der Waals surface area contributed by atoms with Gasteiger partial charge in [-0.25, -0.2) is 4.79 Å². The van der Waals surface area contributed by atoms with Crippen LogP contribution in [0.15, 0.2) is 30.3 Å². The van der Waals surface area contributed by atoms with Gasteiger partial charge in [0.1, 0.15) is 6.61 Å². The van der Waals surface area contributed by atoms with E-state index < -0.39 is 6.10 Å². The summed E-state index contributed by atoms with van der Waals surface area (Å²) < 4.78 is 5.13. The molecule has 0 radical (unpaired) electrons. The van der Waals surface area contributed by atoms with Gasteiger partial charge in [-0.1, -0.05) is 30.3 Å². The van der Waals surface area contributed by atoms with E-state index in [0.29, 0.717) is 13.0 Å². The molecule has 1 amide bonds. The number of aliphatic hydroxyl groups excluding tert-OH is 1. The maximum Gasteiger partial charge on any atom is 0.409 e. The first-order valence-electron chi connectivity index (χ1n) is 5.69. The molecule has 4 heteroatoms. The molecule has 0 saturated heterocycles. The minimum absolute atomic E-state index is 0.276. The molecule has 1 atom stereocenters. The molecule has 1 aromatic carbocycles. The fraction of sp³-hybridized carbons (Fsp3) is 0.462. The van der Waals surface area contributed by atoms with Gasteiger partial charge in [-0.2, -0.15) is 0 Å². The summed E-state index contributed by atoms with van der Waals surface area (Å²) in [6, 6.07) is 9.53. The molecule has 0 bridgehead atoms. The van der Waals surface area contributed by atoms with Gasteiger partial charge in [0, 0.05) is 13.6 Å². The van der Waals surface area contributed by atoms with Gasteiger partial charge in [-0.3, -0.25) is 0 Å². The number of aliphatic hydroxyl groups is 1. The van der Waals surface area contributed by atoms with E-state index in [-0.39, 0.29) is 12.7 Å². The second-order valence-electron chi connectivity index (χ2n) is 4.10. The van der Waals surface area contributed by atoms with Gasteiger partial charge < -0.3 is 14.7 Å². The molecule has 0 heterocycles. The summed E-state index contributed by atoms with van der Waals surface area (Å²) in [5.41, 5.74) is 0.963. The zero-order chi connectivity index (χ0) is 12.7. The number of carbonyl (C=O) groups is 1. The number of hydrogen-bond acceptors (Lipinski definition) is 3. The number of benzene rings is 1. The summed E-state index contributed by atoms with van der Waals surface area (Å²) in [5, 5.41) is 9.11. The first kappa shape index (κ1) is 13.5. The van der Waals surface area contributed by atoms with Crippen molar-refractivity contribution in [2.75, 3.05) is 13.6 Å². The lowest BCUT2D eigenvalue weighted by Gasteiger charge is -2.17. The average Bonchev–Trinajstić information content (AvgIpc) is 2.34. The molecule has 0 aromatic heterocycles. The van der Waals surface area contributed by atoms with Crippen LogP contribution in [-0.2, 0) is 11.3 Å². The molecule has 1 rings (SSSR count). The highest BCUT2D eigenvalue weighted by Crippen LogP contribution is 2.03. The number of hydrogen-bond donors (Lipinski definition) is 1. The third kappa shape index (κ3) is 5.36. The van der Waals surface area contributed by atoms with Crippen molar-refractivity contribution >= 4 is 6.09 Å². The van der Waals surface area contributed by atoms with Gasteiger partial charge in [-0.05, 0) is 18.9 Å². The third-order valence-corrected chi connectivity index (χ3v) is 2.40. The van der Waals surface area contributed by atoms with Gasteiger partial charge in [0.25, 0.3) is 0 Å². The number of amides is 1. The third-order valence-electron chi connectivity index (χ3n) is 2.40. The SMILES string of the molecule is C[C@H](O)CCN(C)C(=O)OCc1ccccc1. The second-order valence-corrected chi connectivity index (χ2v) is 4.10. The van der Waals surface area contributed by atoms with Gasteiger partial charge in [-0.15, -0.1) is 0 Å². The van der Waals surface area contributed by atoms with Crippen molar-refractivity contribution in [1.29, 1.82) is 0 Å². The van der Waals surface area contributed by atoms with E-state index in [1.54, 1.807) is 14.0 Å². The highest BCUT2D eigenvalue weighted by atomic mass is 16.6. The van der Waals surface area contributed by atoms with Gasteiger partial charge in [0.15, 0.2) is 0 Å². The van der Waals surface area contributed by atoms with Crippen molar-refractivity contribution in [2.24, 2.45) is 0 Å². The maximum absolute atomic E-state index is 11.6. The Labute approximate surface area is 102 Å². The number of nitrogens with zero attached hydrogens (tertiary/aromatic N) is 1. The van der Waals surface area contributed by atoms with Crippen LogP contribution in [0.1, 0.15) is 18.9 Å². The van der Waals surface area contributed by atoms with Crippen LogP contribution in [0.3, 0.4) is 0 Å². The molecule has 0 aliphatic carbocycles. The van der Waals surface area contributed by atoms with Crippen molar-refractivity contribution in [2.45, 2.75) is 26.1 Å². The zero-order valence-electron chi connectivity index (χ0n) is 10.3. The van der Waals surface area contributed by atoms with Gasteiger partial charge in [0.05, 0.1) is 6.10 Å². The largest absolute Gasteiger partial charge is 0.445 e. The Balaban J connectivity index is 2.29. The second kappa shape index (κ2) is 6.91. The summed E-state index contributed by atoms with van der Waals surface area (Å²) in [6.07, 6.45) is -0.217. The van der Waals surface area contributed by atoms with Crippen LogP contribution in [0, 0.1) is 0 Å². The molecule has 17 heavy (non-hydrogen) atoms. The van der Waals surface area contributed by atoms with E-state index in [1.807, 2.05) is 30.3 Å². The van der Waals surface area contributed by atoms with Crippen LogP contribution in [-0.4, -0.2) is 35.8 Å². The van der Waals surface area contributed by atoms with Gasteiger partial charge >= 0.3 is 6.09 Å². The van der Waals surface area contributed by atoms with E-state index in [9.17, 15) is 4.79 Å². The Kier molecular flexibility index (Phi) is 5.49. The normalized spacial score (nSPS) is 11.9. The zero-order valence-corrected chi connectivity index (χ0v) is 10.3. The van der Waals surface area contributed by atoms with Crippen LogP contribution in [0.25, 0.3) is 0 Å². The Morgan fingerprint density at radius 3 is 2.65 bits per heavy atom. The van der Waals surface area contributed by atoms with E-state index >= 15 is 0 Å². The molecule has 0 aliphatic rings. The number of carbonyl (C=O) groups excluding carboxylic acids is 1. The molecule has 4 nitrogen and oxygen atoms in total. The maximum atomic E-state index is 11.6.